The lowest BCUT2D eigenvalue weighted by atomic mass is 10.1. The summed E-state index contributed by atoms with van der Waals surface area (Å²) in [6.45, 7) is 3.68. The molecule has 0 aliphatic carbocycles. The van der Waals surface area contributed by atoms with Gasteiger partial charge in [-0.2, -0.15) is 8.42 Å². The number of hydrogen-bond donors (Lipinski definition) is 0. The average Bonchev–Trinajstić information content (AvgIpc) is 1.59. The molecule has 0 radical (unpaired) electrons. The Balaban J connectivity index is 3.69. The molecule has 0 amide bonds. The molecule has 4 heteroatoms. The normalized spacial score (nSPS) is 15.1. The molecule has 0 unspecified atom stereocenters. The molecule has 0 N–H and O–H groups in total. The van der Waals surface area contributed by atoms with Crippen LogP contribution in [0.2, 0.25) is 0 Å². The molecule has 10 heavy (non-hydrogen) atoms. The van der Waals surface area contributed by atoms with Crippen LogP contribution in [0.5, 0.6) is 0 Å². The highest BCUT2D eigenvalue weighted by molar-refractivity contribution is 7.86. The van der Waals surface area contributed by atoms with Crippen LogP contribution in [0.25, 0.3) is 0 Å². The van der Waals surface area contributed by atoms with Gasteiger partial charge in [0.15, 0.2) is 0 Å². The monoisotopic (exact) mass is 168 g/mol. The summed E-state index contributed by atoms with van der Waals surface area (Å²) in [5.74, 6) is -0.388. The van der Waals surface area contributed by atoms with E-state index in [2.05, 4.69) is 0 Å². The van der Waals surface area contributed by atoms with Crippen molar-refractivity contribution in [3.05, 3.63) is 0 Å². The Morgan fingerprint density at radius 2 is 2.00 bits per heavy atom. The van der Waals surface area contributed by atoms with Crippen molar-refractivity contribution in [3.63, 3.8) is 0 Å². The molecule has 0 saturated heterocycles. The van der Waals surface area contributed by atoms with Gasteiger partial charge in [0.05, 0.1) is 5.75 Å². The van der Waals surface area contributed by atoms with E-state index in [1.54, 1.807) is 6.92 Å². The van der Waals surface area contributed by atoms with Crippen LogP contribution in [0.4, 0.5) is 3.89 Å². The van der Waals surface area contributed by atoms with Gasteiger partial charge in [0, 0.05) is 0 Å². The zero-order valence-electron chi connectivity index (χ0n) is 6.30. The summed E-state index contributed by atoms with van der Waals surface area (Å²) in [5, 5.41) is 0. The van der Waals surface area contributed by atoms with Gasteiger partial charge in [-0.1, -0.05) is 20.3 Å². The Labute approximate surface area is 61.7 Å². The molecule has 62 valence electrons. The third-order valence-corrected chi connectivity index (χ3v) is 2.23. The lowest BCUT2D eigenvalue weighted by molar-refractivity contribution is 0.515. The third-order valence-electron chi connectivity index (χ3n) is 1.27. The van der Waals surface area contributed by atoms with Crippen molar-refractivity contribution in [2.45, 2.75) is 26.7 Å². The minimum Gasteiger partial charge on any atom is -0.195 e. The first-order valence-corrected chi connectivity index (χ1v) is 4.93. The quantitative estimate of drug-likeness (QED) is 0.599. The van der Waals surface area contributed by atoms with Gasteiger partial charge in [0.1, 0.15) is 0 Å². The molecule has 1 atom stereocenters. The average molecular weight is 168 g/mol. The van der Waals surface area contributed by atoms with Crippen LogP contribution in [-0.4, -0.2) is 14.2 Å². The molecular formula is C6H13FO2S. The van der Waals surface area contributed by atoms with E-state index in [9.17, 15) is 12.3 Å². The van der Waals surface area contributed by atoms with Crippen molar-refractivity contribution in [2.24, 2.45) is 5.92 Å². The lowest BCUT2D eigenvalue weighted by Crippen LogP contribution is -2.08. The van der Waals surface area contributed by atoms with Gasteiger partial charge in [-0.25, -0.2) is 0 Å². The SMILES string of the molecule is CCC[C@H](C)CS(=O)(=O)F. The Morgan fingerprint density at radius 1 is 1.50 bits per heavy atom. The summed E-state index contributed by atoms with van der Waals surface area (Å²) >= 11 is 0. The molecule has 2 nitrogen and oxygen atoms in total. The number of hydrogen-bond acceptors (Lipinski definition) is 2. The second-order valence-electron chi connectivity index (χ2n) is 2.60. The fourth-order valence-corrected chi connectivity index (χ4v) is 1.76. The predicted molar refractivity (Wildman–Crippen MR) is 39.0 cm³/mol. The second-order valence-corrected chi connectivity index (χ2v) is 4.01. The summed E-state index contributed by atoms with van der Waals surface area (Å²) in [5.41, 5.74) is 0. The van der Waals surface area contributed by atoms with Crippen molar-refractivity contribution in [1.29, 1.82) is 0 Å². The Morgan fingerprint density at radius 3 is 2.30 bits per heavy atom. The summed E-state index contributed by atoms with van der Waals surface area (Å²) in [6.07, 6.45) is 1.67. The van der Waals surface area contributed by atoms with Crippen molar-refractivity contribution in [1.82, 2.24) is 0 Å². The third kappa shape index (κ3) is 6.01. The van der Waals surface area contributed by atoms with Crippen LogP contribution < -0.4 is 0 Å². The predicted octanol–water partition coefficient (Wildman–Crippen LogP) is 1.72. The Kier molecular flexibility index (Phi) is 3.86. The fraction of sp³-hybridized carbons (Fsp3) is 1.00. The van der Waals surface area contributed by atoms with Crippen LogP contribution in [0.15, 0.2) is 0 Å². The van der Waals surface area contributed by atoms with E-state index >= 15 is 0 Å². The zero-order valence-corrected chi connectivity index (χ0v) is 7.12. The fourth-order valence-electron chi connectivity index (χ4n) is 0.916. The molecule has 0 aliphatic rings. The van der Waals surface area contributed by atoms with E-state index in [1.807, 2.05) is 6.92 Å². The molecule has 0 aromatic carbocycles. The van der Waals surface area contributed by atoms with Gasteiger partial charge in [-0.05, 0) is 12.3 Å². The first-order chi connectivity index (χ1) is 4.45. The smallest absolute Gasteiger partial charge is 0.195 e. The molecule has 0 saturated carbocycles. The van der Waals surface area contributed by atoms with Crippen molar-refractivity contribution in [2.75, 3.05) is 5.75 Å². The van der Waals surface area contributed by atoms with Gasteiger partial charge in [0.2, 0.25) is 0 Å². The van der Waals surface area contributed by atoms with Gasteiger partial charge >= 0.3 is 10.2 Å². The van der Waals surface area contributed by atoms with Crippen molar-refractivity contribution in [3.8, 4) is 0 Å². The molecule has 0 bridgehead atoms. The van der Waals surface area contributed by atoms with Gasteiger partial charge < -0.3 is 0 Å². The molecule has 0 aromatic heterocycles. The minimum atomic E-state index is -4.25. The molecule has 0 aromatic rings. The molecule has 0 fully saturated rings. The maximum atomic E-state index is 11.9. The maximum Gasteiger partial charge on any atom is 0.302 e. The molecule has 0 spiro atoms. The number of rotatable bonds is 4. The summed E-state index contributed by atoms with van der Waals surface area (Å²) < 4.78 is 32.0. The molecule has 0 aliphatic heterocycles. The standard InChI is InChI=1S/C6H13FO2S/c1-3-4-6(2)5-10(7,8)9/h6H,3-5H2,1-2H3/t6-/m0/s1. The second kappa shape index (κ2) is 3.91. The molecule has 0 rings (SSSR count). The van der Waals surface area contributed by atoms with Crippen LogP contribution in [0.1, 0.15) is 26.7 Å². The van der Waals surface area contributed by atoms with Gasteiger partial charge in [0.25, 0.3) is 0 Å². The topological polar surface area (TPSA) is 34.1 Å². The lowest BCUT2D eigenvalue weighted by Gasteiger charge is -2.04. The first-order valence-electron chi connectivity index (χ1n) is 3.38. The van der Waals surface area contributed by atoms with Gasteiger partial charge in [-0.3, -0.25) is 0 Å². The van der Waals surface area contributed by atoms with E-state index in [1.165, 1.54) is 0 Å². The van der Waals surface area contributed by atoms with E-state index in [0.29, 0.717) is 0 Å². The van der Waals surface area contributed by atoms with Crippen molar-refractivity contribution >= 4 is 10.2 Å². The summed E-state index contributed by atoms with van der Waals surface area (Å²) in [4.78, 5) is 0. The van der Waals surface area contributed by atoms with Crippen molar-refractivity contribution < 1.29 is 12.3 Å². The van der Waals surface area contributed by atoms with E-state index in [0.717, 1.165) is 12.8 Å². The molecule has 0 heterocycles. The largest absolute Gasteiger partial charge is 0.302 e. The summed E-state index contributed by atoms with van der Waals surface area (Å²) in [6, 6.07) is 0. The summed E-state index contributed by atoms with van der Waals surface area (Å²) in [7, 11) is -4.25. The van der Waals surface area contributed by atoms with Crippen LogP contribution in [0.3, 0.4) is 0 Å². The van der Waals surface area contributed by atoms with Crippen LogP contribution >= 0.6 is 0 Å². The van der Waals surface area contributed by atoms with Gasteiger partial charge in [-0.15, -0.1) is 3.89 Å². The maximum absolute atomic E-state index is 11.9. The highest BCUT2D eigenvalue weighted by Crippen LogP contribution is 2.08. The Hall–Kier alpha value is -0.120. The highest BCUT2D eigenvalue weighted by Gasteiger charge is 2.12. The van der Waals surface area contributed by atoms with Crippen LogP contribution in [-0.2, 0) is 10.2 Å². The highest BCUT2D eigenvalue weighted by atomic mass is 32.3. The first kappa shape index (κ1) is 9.88. The Bertz CT molecular complexity index is 174. The van der Waals surface area contributed by atoms with E-state index in [-0.39, 0.29) is 11.7 Å². The van der Waals surface area contributed by atoms with Crippen LogP contribution in [0, 0.1) is 5.92 Å². The molecular weight excluding hydrogens is 155 g/mol. The minimum absolute atomic E-state index is 0.0556. The number of halogens is 1. The van der Waals surface area contributed by atoms with E-state index < -0.39 is 10.2 Å². The van der Waals surface area contributed by atoms with E-state index in [4.69, 9.17) is 0 Å². The zero-order chi connectivity index (χ0) is 8.20.